The second-order valence-corrected chi connectivity index (χ2v) is 10.0. The fourth-order valence-corrected chi connectivity index (χ4v) is 4.34. The van der Waals surface area contributed by atoms with E-state index >= 15 is 4.39 Å². The van der Waals surface area contributed by atoms with E-state index in [9.17, 15) is 4.79 Å². The van der Waals surface area contributed by atoms with Crippen molar-refractivity contribution in [3.63, 3.8) is 0 Å². The molecule has 1 heterocycles. The van der Waals surface area contributed by atoms with Crippen molar-refractivity contribution in [3.05, 3.63) is 46.3 Å². The van der Waals surface area contributed by atoms with Crippen molar-refractivity contribution in [2.24, 2.45) is 0 Å². The smallest absolute Gasteiger partial charge is 0.197 e. The SMILES string of the molecule is Br.CCOc1cc2c(c(F)c1OCC)C(=N)N(CC(=O)c1cc(N(C)C)c(OCC#N)c(C(C)(C)C)c1)C2. The summed E-state index contributed by atoms with van der Waals surface area (Å²) in [7, 11) is 3.69. The van der Waals surface area contributed by atoms with Crippen LogP contribution in [0.5, 0.6) is 17.2 Å². The maximum Gasteiger partial charge on any atom is 0.197 e. The summed E-state index contributed by atoms with van der Waals surface area (Å²) in [5.41, 5.74) is 2.27. The molecule has 0 spiro atoms. The summed E-state index contributed by atoms with van der Waals surface area (Å²) >= 11 is 0. The highest BCUT2D eigenvalue weighted by Gasteiger charge is 2.33. The molecule has 206 valence electrons. The van der Waals surface area contributed by atoms with Crippen LogP contribution in [-0.4, -0.2) is 57.0 Å². The van der Waals surface area contributed by atoms with Gasteiger partial charge in [-0.3, -0.25) is 10.2 Å². The molecule has 1 N–H and O–H groups in total. The monoisotopic (exact) mass is 590 g/mol. The zero-order chi connectivity index (χ0) is 27.5. The van der Waals surface area contributed by atoms with Gasteiger partial charge in [-0.05, 0) is 43.0 Å². The highest BCUT2D eigenvalue weighted by Crippen LogP contribution is 2.41. The number of hydrogen-bond acceptors (Lipinski definition) is 7. The Morgan fingerprint density at radius 2 is 1.79 bits per heavy atom. The molecular formula is C28H36BrFN4O4. The van der Waals surface area contributed by atoms with Crippen LogP contribution in [0.25, 0.3) is 0 Å². The van der Waals surface area contributed by atoms with Crippen molar-refractivity contribution in [1.29, 1.82) is 10.7 Å². The van der Waals surface area contributed by atoms with Crippen molar-refractivity contribution in [1.82, 2.24) is 4.90 Å². The van der Waals surface area contributed by atoms with Gasteiger partial charge in [-0.2, -0.15) is 5.26 Å². The molecule has 0 saturated heterocycles. The number of carbonyl (C=O) groups is 1. The Morgan fingerprint density at radius 1 is 1.13 bits per heavy atom. The molecule has 0 saturated carbocycles. The van der Waals surface area contributed by atoms with Crippen LogP contribution in [0.1, 0.15) is 61.7 Å². The summed E-state index contributed by atoms with van der Waals surface area (Å²) in [6.45, 7) is 10.2. The van der Waals surface area contributed by atoms with Crippen LogP contribution in [0.15, 0.2) is 18.2 Å². The minimum Gasteiger partial charge on any atom is -0.490 e. The van der Waals surface area contributed by atoms with E-state index in [4.69, 9.17) is 24.9 Å². The van der Waals surface area contributed by atoms with E-state index in [1.54, 1.807) is 36.9 Å². The lowest BCUT2D eigenvalue weighted by Crippen LogP contribution is -2.31. The first-order chi connectivity index (χ1) is 17.4. The Labute approximate surface area is 234 Å². The molecule has 38 heavy (non-hydrogen) atoms. The first-order valence-corrected chi connectivity index (χ1v) is 12.3. The molecule has 0 aromatic heterocycles. The molecular weight excluding hydrogens is 555 g/mol. The van der Waals surface area contributed by atoms with Gasteiger partial charge in [0.2, 0.25) is 0 Å². The van der Waals surface area contributed by atoms with Gasteiger partial charge in [-0.1, -0.05) is 20.8 Å². The Balaban J connectivity index is 0.00000507. The van der Waals surface area contributed by atoms with E-state index in [0.717, 1.165) is 5.56 Å². The number of nitriles is 1. The average Bonchev–Trinajstić information content (AvgIpc) is 3.13. The van der Waals surface area contributed by atoms with Crippen molar-refractivity contribution in [3.8, 4) is 23.3 Å². The second-order valence-electron chi connectivity index (χ2n) is 10.0. The van der Waals surface area contributed by atoms with Crippen LogP contribution in [0.4, 0.5) is 10.1 Å². The zero-order valence-corrected chi connectivity index (χ0v) is 24.7. The molecule has 2 aromatic rings. The van der Waals surface area contributed by atoms with Crippen LogP contribution in [0.3, 0.4) is 0 Å². The normalized spacial score (nSPS) is 12.4. The molecule has 0 fully saturated rings. The van der Waals surface area contributed by atoms with E-state index in [1.165, 1.54) is 0 Å². The number of hydrogen-bond donors (Lipinski definition) is 1. The van der Waals surface area contributed by atoms with Crippen molar-refractivity contribution < 1.29 is 23.4 Å². The van der Waals surface area contributed by atoms with Crippen LogP contribution in [-0.2, 0) is 12.0 Å². The number of anilines is 1. The van der Waals surface area contributed by atoms with Crippen LogP contribution >= 0.6 is 17.0 Å². The summed E-state index contributed by atoms with van der Waals surface area (Å²) in [5.74, 6) is -0.0897. The number of nitrogens with one attached hydrogen (secondary N) is 1. The fraction of sp³-hybridized carbons (Fsp3) is 0.464. The standard InChI is InChI=1S/C28H35FN4O4.BrH/c1-8-35-22-14-18-15-33(27(31)23(18)24(29)26(22)36-9-2)16-21(34)17-12-19(28(3,4)5)25(37-11-10-30)20(13-17)32(6)7;/h12-14,31H,8-9,11,15-16H2,1-7H3;1H. The lowest BCUT2D eigenvalue weighted by molar-refractivity contribution is 0.0962. The number of amidine groups is 1. The maximum atomic E-state index is 15.4. The Kier molecular flexibility index (Phi) is 10.2. The number of ketones is 1. The first kappa shape index (κ1) is 30.9. The predicted molar refractivity (Wildman–Crippen MR) is 151 cm³/mol. The van der Waals surface area contributed by atoms with Gasteiger partial charge in [0.25, 0.3) is 0 Å². The quantitative estimate of drug-likeness (QED) is 0.365. The number of carbonyl (C=O) groups excluding carboxylic acids is 1. The summed E-state index contributed by atoms with van der Waals surface area (Å²) in [6.07, 6.45) is 0. The van der Waals surface area contributed by atoms with Crippen molar-refractivity contribution >= 4 is 34.3 Å². The van der Waals surface area contributed by atoms with Crippen molar-refractivity contribution in [2.45, 2.75) is 46.6 Å². The molecule has 0 aliphatic carbocycles. The molecule has 2 aromatic carbocycles. The number of nitrogens with zero attached hydrogens (tertiary/aromatic N) is 3. The van der Waals surface area contributed by atoms with Crippen LogP contribution < -0.4 is 19.1 Å². The molecule has 1 aliphatic rings. The molecule has 0 atom stereocenters. The van der Waals surface area contributed by atoms with Gasteiger partial charge in [0, 0.05) is 31.8 Å². The largest absolute Gasteiger partial charge is 0.490 e. The van der Waals surface area contributed by atoms with Gasteiger partial charge in [0.05, 0.1) is 31.0 Å². The van der Waals surface area contributed by atoms with Gasteiger partial charge in [0.15, 0.2) is 29.7 Å². The van der Waals surface area contributed by atoms with Crippen molar-refractivity contribution in [2.75, 3.05) is 45.4 Å². The third-order valence-corrected chi connectivity index (χ3v) is 6.07. The third-order valence-electron chi connectivity index (χ3n) is 6.07. The van der Waals surface area contributed by atoms with E-state index in [-0.39, 0.29) is 71.6 Å². The number of benzene rings is 2. The maximum absolute atomic E-state index is 15.4. The summed E-state index contributed by atoms with van der Waals surface area (Å²) < 4.78 is 32.2. The van der Waals surface area contributed by atoms with Gasteiger partial charge < -0.3 is 24.0 Å². The number of Topliss-reactive ketones (excluding diaryl/α,β-unsaturated/α-hetero) is 1. The van der Waals surface area contributed by atoms with E-state index in [1.807, 2.05) is 45.8 Å². The number of fused-ring (bicyclic) bond motifs is 1. The number of ether oxygens (including phenoxy) is 3. The Morgan fingerprint density at radius 3 is 2.34 bits per heavy atom. The Bertz CT molecular complexity index is 1250. The third kappa shape index (κ3) is 6.21. The van der Waals surface area contributed by atoms with Crippen LogP contribution in [0, 0.1) is 22.6 Å². The first-order valence-electron chi connectivity index (χ1n) is 12.3. The molecule has 1 aliphatic heterocycles. The van der Waals surface area contributed by atoms with Gasteiger partial charge in [0.1, 0.15) is 17.7 Å². The lowest BCUT2D eigenvalue weighted by atomic mass is 9.84. The highest BCUT2D eigenvalue weighted by molar-refractivity contribution is 8.93. The zero-order valence-electron chi connectivity index (χ0n) is 23.0. The predicted octanol–water partition coefficient (Wildman–Crippen LogP) is 5.49. The van der Waals surface area contributed by atoms with E-state index < -0.39 is 5.82 Å². The molecule has 10 heteroatoms. The summed E-state index contributed by atoms with van der Waals surface area (Å²) in [5, 5.41) is 17.7. The molecule has 0 radical (unpaired) electrons. The lowest BCUT2D eigenvalue weighted by Gasteiger charge is -2.28. The molecule has 8 nitrogen and oxygen atoms in total. The van der Waals surface area contributed by atoms with E-state index in [0.29, 0.717) is 34.9 Å². The van der Waals surface area contributed by atoms with Gasteiger partial charge in [-0.15, -0.1) is 17.0 Å². The summed E-state index contributed by atoms with van der Waals surface area (Å²) in [4.78, 5) is 16.9. The number of halogens is 2. The topological polar surface area (TPSA) is 98.9 Å². The molecule has 3 rings (SSSR count). The number of rotatable bonds is 10. The van der Waals surface area contributed by atoms with Crippen LogP contribution in [0.2, 0.25) is 0 Å². The summed E-state index contributed by atoms with van der Waals surface area (Å²) in [6, 6.07) is 7.21. The van der Waals surface area contributed by atoms with Gasteiger partial charge in [-0.25, -0.2) is 4.39 Å². The van der Waals surface area contributed by atoms with E-state index in [2.05, 4.69) is 0 Å². The fourth-order valence-electron chi connectivity index (χ4n) is 4.34. The second kappa shape index (κ2) is 12.5. The molecule has 0 bridgehead atoms. The molecule has 0 unspecified atom stereocenters. The molecule has 0 amide bonds. The minimum atomic E-state index is -0.647. The Hall–Kier alpha value is -3.32. The average molecular weight is 592 g/mol. The van der Waals surface area contributed by atoms with Gasteiger partial charge >= 0.3 is 0 Å². The minimum absolute atomic E-state index is 0. The highest BCUT2D eigenvalue weighted by atomic mass is 79.9.